The lowest BCUT2D eigenvalue weighted by atomic mass is 9.87. The zero-order valence-corrected chi connectivity index (χ0v) is 20.5. The quantitative estimate of drug-likeness (QED) is 0.432. The largest absolute Gasteiger partial charge is 0.345 e. The normalized spacial score (nSPS) is 15.3. The number of carbonyl (C=O) groups is 2. The third-order valence-corrected chi connectivity index (χ3v) is 6.45. The topological polar surface area (TPSA) is 86.1 Å². The second-order valence-electron chi connectivity index (χ2n) is 7.71. The second kappa shape index (κ2) is 9.75. The van der Waals surface area contributed by atoms with E-state index in [1.807, 2.05) is 18.2 Å². The number of hydrogen-bond donors (Lipinski definition) is 1. The van der Waals surface area contributed by atoms with Gasteiger partial charge in [-0.3, -0.25) is 14.6 Å². The molecule has 2 amide bonds. The fraction of sp³-hybridized carbons (Fsp3) is 0.304. The van der Waals surface area contributed by atoms with Gasteiger partial charge in [-0.25, -0.2) is 0 Å². The Balaban J connectivity index is 1.88. The van der Waals surface area contributed by atoms with Crippen molar-refractivity contribution in [2.45, 2.75) is 31.2 Å². The Labute approximate surface area is 198 Å². The highest BCUT2D eigenvalue weighted by Gasteiger charge is 2.37. The number of aromatic nitrogens is 1. The van der Waals surface area contributed by atoms with Crippen molar-refractivity contribution < 1.29 is 9.59 Å². The van der Waals surface area contributed by atoms with E-state index in [1.165, 1.54) is 11.0 Å². The van der Waals surface area contributed by atoms with Gasteiger partial charge in [-0.1, -0.05) is 25.0 Å². The van der Waals surface area contributed by atoms with Gasteiger partial charge in [0.25, 0.3) is 11.8 Å². The molecule has 3 rings (SSSR count). The number of amides is 2. The molecule has 6 nitrogen and oxygen atoms in total. The van der Waals surface area contributed by atoms with Gasteiger partial charge in [0.15, 0.2) is 0 Å². The Hall–Kier alpha value is -2.50. The minimum Gasteiger partial charge on any atom is -0.345 e. The van der Waals surface area contributed by atoms with Crippen LogP contribution < -0.4 is 5.32 Å². The molecule has 1 N–H and O–H groups in total. The first-order valence-corrected chi connectivity index (χ1v) is 11.4. The summed E-state index contributed by atoms with van der Waals surface area (Å²) in [5, 5.41) is 12.7. The van der Waals surface area contributed by atoms with Crippen LogP contribution in [0.3, 0.4) is 0 Å². The molecular formula is C23H22Br2N4O2. The number of carbonyl (C=O) groups excluding carboxylic acids is 2. The minimum atomic E-state index is -0.558. The molecule has 0 aliphatic heterocycles. The van der Waals surface area contributed by atoms with E-state index in [9.17, 15) is 14.9 Å². The third-order valence-electron chi connectivity index (χ3n) is 5.38. The second-order valence-corrected chi connectivity index (χ2v) is 9.48. The van der Waals surface area contributed by atoms with E-state index in [2.05, 4.69) is 42.2 Å². The van der Waals surface area contributed by atoms with Crippen molar-refractivity contribution in [2.24, 2.45) is 0 Å². The van der Waals surface area contributed by atoms with Crippen molar-refractivity contribution in [1.29, 1.82) is 5.26 Å². The van der Waals surface area contributed by atoms with Gasteiger partial charge in [-0.2, -0.15) is 5.26 Å². The van der Waals surface area contributed by atoms with Crippen molar-refractivity contribution >= 4 is 49.8 Å². The first-order chi connectivity index (χ1) is 14.8. The fourth-order valence-electron chi connectivity index (χ4n) is 3.76. The fourth-order valence-corrected chi connectivity index (χ4v) is 4.86. The molecule has 8 heteroatoms. The highest BCUT2D eigenvalue weighted by molar-refractivity contribution is 9.11. The van der Waals surface area contributed by atoms with Crippen LogP contribution in [0.25, 0.3) is 6.08 Å². The molecule has 160 valence electrons. The van der Waals surface area contributed by atoms with Gasteiger partial charge in [-0.15, -0.1) is 0 Å². The molecule has 1 aliphatic rings. The number of nitriles is 1. The maximum Gasteiger partial charge on any atom is 0.262 e. The average molecular weight is 546 g/mol. The van der Waals surface area contributed by atoms with Crippen LogP contribution in [0, 0.1) is 11.3 Å². The number of halogens is 2. The summed E-state index contributed by atoms with van der Waals surface area (Å²) in [5.41, 5.74) is 1.46. The molecular weight excluding hydrogens is 524 g/mol. The Morgan fingerprint density at radius 2 is 1.84 bits per heavy atom. The maximum atomic E-state index is 13.0. The molecule has 1 aromatic heterocycles. The molecule has 0 atom stereocenters. The molecule has 0 bridgehead atoms. The van der Waals surface area contributed by atoms with Crippen molar-refractivity contribution in [1.82, 2.24) is 15.2 Å². The maximum absolute atomic E-state index is 13.0. The summed E-state index contributed by atoms with van der Waals surface area (Å²) < 4.78 is 1.47. The number of hydrogen-bond acceptors (Lipinski definition) is 4. The molecule has 31 heavy (non-hydrogen) atoms. The molecule has 1 aromatic carbocycles. The highest BCUT2D eigenvalue weighted by atomic mass is 79.9. The van der Waals surface area contributed by atoms with Crippen LogP contribution in [0.1, 0.15) is 47.3 Å². The summed E-state index contributed by atoms with van der Waals surface area (Å²) in [5.74, 6) is -0.507. The highest BCUT2D eigenvalue weighted by Crippen LogP contribution is 2.39. The molecule has 1 heterocycles. The molecule has 1 fully saturated rings. The van der Waals surface area contributed by atoms with E-state index in [1.54, 1.807) is 38.5 Å². The predicted molar refractivity (Wildman–Crippen MR) is 126 cm³/mol. The summed E-state index contributed by atoms with van der Waals surface area (Å²) in [6, 6.07) is 11.2. The van der Waals surface area contributed by atoms with Crippen LogP contribution >= 0.6 is 31.9 Å². The lowest BCUT2D eigenvalue weighted by Crippen LogP contribution is -2.44. The zero-order chi connectivity index (χ0) is 22.6. The van der Waals surface area contributed by atoms with Crippen LogP contribution in [0.4, 0.5) is 0 Å². The van der Waals surface area contributed by atoms with Crippen molar-refractivity contribution in [3.63, 3.8) is 0 Å². The summed E-state index contributed by atoms with van der Waals surface area (Å²) in [6.45, 7) is 0. The van der Waals surface area contributed by atoms with E-state index >= 15 is 0 Å². The Morgan fingerprint density at radius 1 is 1.19 bits per heavy atom. The monoisotopic (exact) mass is 544 g/mol. The Bertz CT molecular complexity index is 1070. The van der Waals surface area contributed by atoms with Gasteiger partial charge < -0.3 is 10.2 Å². The van der Waals surface area contributed by atoms with Crippen LogP contribution in [0.5, 0.6) is 0 Å². The number of benzene rings is 1. The van der Waals surface area contributed by atoms with Crippen LogP contribution in [-0.2, 0) is 10.3 Å². The van der Waals surface area contributed by atoms with Gasteiger partial charge in [0, 0.05) is 34.8 Å². The van der Waals surface area contributed by atoms with Gasteiger partial charge in [0.2, 0.25) is 0 Å². The molecule has 2 aromatic rings. The Morgan fingerprint density at radius 3 is 2.39 bits per heavy atom. The predicted octanol–water partition coefficient (Wildman–Crippen LogP) is 4.80. The lowest BCUT2D eigenvalue weighted by Gasteiger charge is -2.31. The van der Waals surface area contributed by atoms with E-state index in [0.717, 1.165) is 35.7 Å². The molecule has 1 saturated carbocycles. The van der Waals surface area contributed by atoms with E-state index < -0.39 is 11.4 Å². The first kappa shape index (κ1) is 23.2. The van der Waals surface area contributed by atoms with Crippen LogP contribution in [-0.4, -0.2) is 35.8 Å². The summed E-state index contributed by atoms with van der Waals surface area (Å²) in [4.78, 5) is 31.0. The number of rotatable bonds is 5. The zero-order valence-electron chi connectivity index (χ0n) is 17.3. The number of pyridine rings is 1. The summed E-state index contributed by atoms with van der Waals surface area (Å²) in [7, 11) is 3.42. The molecule has 0 saturated heterocycles. The van der Waals surface area contributed by atoms with Gasteiger partial charge >= 0.3 is 0 Å². The standard InChI is InChI=1S/C23H22Br2N4O2/c1-29(2)22(31)15-5-7-17(8-6-15)23(9-3-4-10-23)28-21(30)16(13-26)11-20-19(25)12-18(24)14-27-20/h5-8,11-12,14H,3-4,9-10H2,1-2H3,(H,28,30). The molecule has 0 radical (unpaired) electrons. The van der Waals surface area contributed by atoms with E-state index in [4.69, 9.17) is 0 Å². The van der Waals surface area contributed by atoms with Crippen molar-refractivity contribution in [3.05, 3.63) is 67.9 Å². The first-order valence-electron chi connectivity index (χ1n) is 9.83. The number of nitrogens with zero attached hydrogens (tertiary/aromatic N) is 3. The average Bonchev–Trinajstić information content (AvgIpc) is 3.22. The lowest BCUT2D eigenvalue weighted by molar-refractivity contribution is -0.119. The smallest absolute Gasteiger partial charge is 0.262 e. The van der Waals surface area contributed by atoms with E-state index in [-0.39, 0.29) is 11.5 Å². The molecule has 0 spiro atoms. The summed E-state index contributed by atoms with van der Waals surface area (Å²) in [6.07, 6.45) is 6.59. The van der Waals surface area contributed by atoms with Gasteiger partial charge in [-0.05, 0) is 74.5 Å². The number of nitrogens with one attached hydrogen (secondary N) is 1. The van der Waals surface area contributed by atoms with Crippen molar-refractivity contribution in [2.75, 3.05) is 14.1 Å². The van der Waals surface area contributed by atoms with Crippen molar-refractivity contribution in [3.8, 4) is 6.07 Å². The minimum absolute atomic E-state index is 0.0128. The summed E-state index contributed by atoms with van der Waals surface area (Å²) >= 11 is 6.75. The SMILES string of the molecule is CN(C)C(=O)c1ccc(C2(NC(=O)C(C#N)=Cc3ncc(Br)cc3Br)CCCC2)cc1. The van der Waals surface area contributed by atoms with Crippen LogP contribution in [0.2, 0.25) is 0 Å². The van der Waals surface area contributed by atoms with Gasteiger partial charge in [0.05, 0.1) is 11.2 Å². The van der Waals surface area contributed by atoms with Crippen LogP contribution in [0.15, 0.2) is 51.0 Å². The van der Waals surface area contributed by atoms with Gasteiger partial charge in [0.1, 0.15) is 11.6 Å². The third kappa shape index (κ3) is 5.23. The van der Waals surface area contributed by atoms with E-state index in [0.29, 0.717) is 15.7 Å². The Kier molecular flexibility index (Phi) is 7.29. The molecule has 1 aliphatic carbocycles. The molecule has 0 unspecified atom stereocenters.